The molecule has 3 atom stereocenters. The molecule has 0 radical (unpaired) electrons. The summed E-state index contributed by atoms with van der Waals surface area (Å²) in [6.07, 6.45) is 5.42. The van der Waals surface area contributed by atoms with E-state index in [0.717, 1.165) is 37.8 Å². The Morgan fingerprint density at radius 1 is 1.17 bits per heavy atom. The zero-order valence-electron chi connectivity index (χ0n) is 13.4. The highest BCUT2D eigenvalue weighted by molar-refractivity contribution is 5.56. The Morgan fingerprint density at radius 2 is 1.79 bits per heavy atom. The number of halogens is 2. The first-order chi connectivity index (χ1) is 11.6. The zero-order chi connectivity index (χ0) is 16.8. The Bertz CT molecular complexity index is 786. The van der Waals surface area contributed by atoms with Crippen LogP contribution in [0.3, 0.4) is 0 Å². The van der Waals surface area contributed by atoms with Gasteiger partial charge in [-0.3, -0.25) is 4.68 Å². The number of fused-ring (bicyclic) bond motifs is 2. The van der Waals surface area contributed by atoms with Crippen molar-refractivity contribution in [3.05, 3.63) is 47.3 Å². The highest BCUT2D eigenvalue weighted by Gasteiger charge is 2.43. The lowest BCUT2D eigenvalue weighted by atomic mass is 9.87. The van der Waals surface area contributed by atoms with Crippen LogP contribution in [-0.4, -0.2) is 21.9 Å². The van der Waals surface area contributed by atoms with Crippen molar-refractivity contribution in [1.82, 2.24) is 9.78 Å². The SMILES string of the molecule is Cn1nccc1C1C[C@H]2CC[C@@H](C1)N2c1c(F)cc(C#N)cc1F. The summed E-state index contributed by atoms with van der Waals surface area (Å²) in [5.41, 5.74) is 1.24. The van der Waals surface area contributed by atoms with E-state index in [1.54, 1.807) is 12.3 Å². The summed E-state index contributed by atoms with van der Waals surface area (Å²) < 4.78 is 30.8. The molecule has 0 saturated carbocycles. The van der Waals surface area contributed by atoms with Crippen molar-refractivity contribution >= 4 is 5.69 Å². The van der Waals surface area contributed by atoms with E-state index in [-0.39, 0.29) is 23.3 Å². The summed E-state index contributed by atoms with van der Waals surface area (Å²) in [5, 5.41) is 13.1. The zero-order valence-corrected chi connectivity index (χ0v) is 13.4. The maximum absolute atomic E-state index is 14.4. The van der Waals surface area contributed by atoms with Gasteiger partial charge in [0.15, 0.2) is 11.6 Å². The van der Waals surface area contributed by atoms with E-state index in [4.69, 9.17) is 5.26 Å². The van der Waals surface area contributed by atoms with E-state index < -0.39 is 11.6 Å². The van der Waals surface area contributed by atoms with E-state index in [0.29, 0.717) is 5.92 Å². The van der Waals surface area contributed by atoms with E-state index in [1.165, 1.54) is 5.69 Å². The second-order valence-corrected chi connectivity index (χ2v) is 6.74. The molecule has 6 heteroatoms. The standard InChI is InChI=1S/C18H18F2N4/c1-23-17(4-5-22-23)12-8-13-2-3-14(9-12)24(13)18-15(19)6-11(10-21)7-16(18)20/h4-7,12-14H,2-3,8-9H2,1H3/t12?,13-,14+. The van der Waals surface area contributed by atoms with Gasteiger partial charge in [0.25, 0.3) is 0 Å². The normalized spacial score (nSPS) is 25.8. The molecular formula is C18H18F2N4. The number of piperidine rings is 1. The minimum atomic E-state index is -0.637. The van der Waals surface area contributed by atoms with E-state index in [1.807, 2.05) is 22.7 Å². The minimum Gasteiger partial charge on any atom is -0.361 e. The van der Waals surface area contributed by atoms with Gasteiger partial charge in [-0.2, -0.15) is 10.4 Å². The summed E-state index contributed by atoms with van der Waals surface area (Å²) >= 11 is 0. The Labute approximate surface area is 139 Å². The molecule has 1 aromatic carbocycles. The van der Waals surface area contributed by atoms with Crippen LogP contribution < -0.4 is 4.90 Å². The van der Waals surface area contributed by atoms with Crippen LogP contribution in [-0.2, 0) is 7.05 Å². The summed E-state index contributed by atoms with van der Waals surface area (Å²) in [7, 11) is 1.93. The molecule has 3 heterocycles. The number of hydrogen-bond acceptors (Lipinski definition) is 3. The summed E-state index contributed by atoms with van der Waals surface area (Å²) in [5.74, 6) is -0.902. The van der Waals surface area contributed by atoms with Crippen LogP contribution >= 0.6 is 0 Å². The Balaban J connectivity index is 1.66. The fourth-order valence-electron chi connectivity index (χ4n) is 4.44. The number of aromatic nitrogens is 2. The van der Waals surface area contributed by atoms with Gasteiger partial charge in [-0.1, -0.05) is 0 Å². The second kappa shape index (κ2) is 5.59. The number of nitrogens with zero attached hydrogens (tertiary/aromatic N) is 4. The molecule has 0 amide bonds. The molecule has 1 unspecified atom stereocenters. The lowest BCUT2D eigenvalue weighted by Gasteiger charge is -2.40. The first-order valence-corrected chi connectivity index (χ1v) is 8.24. The summed E-state index contributed by atoms with van der Waals surface area (Å²) in [6.45, 7) is 0. The monoisotopic (exact) mass is 328 g/mol. The summed E-state index contributed by atoms with van der Waals surface area (Å²) in [4.78, 5) is 1.92. The molecular weight excluding hydrogens is 310 g/mol. The van der Waals surface area contributed by atoms with Crippen molar-refractivity contribution in [2.45, 2.75) is 43.7 Å². The molecule has 24 heavy (non-hydrogen) atoms. The molecule has 0 N–H and O–H groups in total. The Morgan fingerprint density at radius 3 is 2.29 bits per heavy atom. The fraction of sp³-hybridized carbons (Fsp3) is 0.444. The van der Waals surface area contributed by atoms with Crippen LogP contribution in [0.25, 0.3) is 0 Å². The largest absolute Gasteiger partial charge is 0.361 e. The third-order valence-corrected chi connectivity index (χ3v) is 5.41. The van der Waals surface area contributed by atoms with Crippen LogP contribution in [0.4, 0.5) is 14.5 Å². The molecule has 4 rings (SSSR count). The smallest absolute Gasteiger partial charge is 0.150 e. The van der Waals surface area contributed by atoms with E-state index in [2.05, 4.69) is 5.10 Å². The highest BCUT2D eigenvalue weighted by Crippen LogP contribution is 2.46. The second-order valence-electron chi connectivity index (χ2n) is 6.74. The fourth-order valence-corrected chi connectivity index (χ4v) is 4.44. The van der Waals surface area contributed by atoms with Crippen LogP contribution in [0, 0.1) is 23.0 Å². The summed E-state index contributed by atoms with van der Waals surface area (Å²) in [6, 6.07) is 6.34. The molecule has 2 aliphatic rings. The van der Waals surface area contributed by atoms with Crippen molar-refractivity contribution < 1.29 is 8.78 Å². The third-order valence-electron chi connectivity index (χ3n) is 5.41. The quantitative estimate of drug-likeness (QED) is 0.848. The first kappa shape index (κ1) is 15.1. The molecule has 2 saturated heterocycles. The van der Waals surface area contributed by atoms with Gasteiger partial charge in [-0.15, -0.1) is 0 Å². The highest BCUT2D eigenvalue weighted by atomic mass is 19.1. The Hall–Kier alpha value is -2.42. The molecule has 2 fully saturated rings. The number of hydrogen-bond donors (Lipinski definition) is 0. The van der Waals surface area contributed by atoms with Crippen molar-refractivity contribution in [3.63, 3.8) is 0 Å². The van der Waals surface area contributed by atoms with Crippen LogP contribution in [0.1, 0.15) is 42.9 Å². The lowest BCUT2D eigenvalue weighted by Crippen LogP contribution is -2.43. The van der Waals surface area contributed by atoms with Gasteiger partial charge < -0.3 is 4.90 Å². The van der Waals surface area contributed by atoms with Gasteiger partial charge in [-0.25, -0.2) is 8.78 Å². The minimum absolute atomic E-state index is 0.0193. The number of benzene rings is 1. The van der Waals surface area contributed by atoms with Gasteiger partial charge >= 0.3 is 0 Å². The van der Waals surface area contributed by atoms with Crippen LogP contribution in [0.15, 0.2) is 24.4 Å². The van der Waals surface area contributed by atoms with Gasteiger partial charge in [-0.05, 0) is 43.9 Å². The Kier molecular flexibility index (Phi) is 3.52. The average Bonchev–Trinajstić information content (AvgIpc) is 3.07. The predicted molar refractivity (Wildman–Crippen MR) is 85.5 cm³/mol. The number of rotatable bonds is 2. The topological polar surface area (TPSA) is 44.9 Å². The maximum Gasteiger partial charge on any atom is 0.150 e. The number of nitriles is 1. The average molecular weight is 328 g/mol. The molecule has 0 aliphatic carbocycles. The van der Waals surface area contributed by atoms with Crippen molar-refractivity contribution in [2.75, 3.05) is 4.90 Å². The van der Waals surface area contributed by atoms with E-state index >= 15 is 0 Å². The first-order valence-electron chi connectivity index (χ1n) is 8.24. The molecule has 2 aromatic rings. The van der Waals surface area contributed by atoms with Gasteiger partial charge in [0.2, 0.25) is 0 Å². The van der Waals surface area contributed by atoms with Gasteiger partial charge in [0.05, 0.1) is 11.6 Å². The van der Waals surface area contributed by atoms with Crippen LogP contribution in [0.2, 0.25) is 0 Å². The lowest BCUT2D eigenvalue weighted by molar-refractivity contribution is 0.391. The molecule has 1 aromatic heterocycles. The van der Waals surface area contributed by atoms with Gasteiger partial charge in [0, 0.05) is 36.9 Å². The molecule has 0 spiro atoms. The molecule has 2 bridgehead atoms. The number of aryl methyl sites for hydroxylation is 1. The number of anilines is 1. The predicted octanol–water partition coefficient (Wildman–Crippen LogP) is 3.48. The third kappa shape index (κ3) is 2.27. The van der Waals surface area contributed by atoms with Crippen LogP contribution in [0.5, 0.6) is 0 Å². The van der Waals surface area contributed by atoms with Crippen molar-refractivity contribution in [3.8, 4) is 6.07 Å². The van der Waals surface area contributed by atoms with Crippen molar-refractivity contribution in [2.24, 2.45) is 7.05 Å². The molecule has 124 valence electrons. The maximum atomic E-state index is 14.4. The molecule has 4 nitrogen and oxygen atoms in total. The molecule has 2 aliphatic heterocycles. The van der Waals surface area contributed by atoms with Gasteiger partial charge in [0.1, 0.15) is 5.69 Å². The van der Waals surface area contributed by atoms with Crippen molar-refractivity contribution in [1.29, 1.82) is 5.26 Å². The van der Waals surface area contributed by atoms with E-state index in [9.17, 15) is 8.78 Å².